The van der Waals surface area contributed by atoms with Crippen LogP contribution in [-0.4, -0.2) is 45.3 Å². The minimum absolute atomic E-state index is 0.0123. The van der Waals surface area contributed by atoms with Crippen molar-refractivity contribution >= 4 is 33.7 Å². The van der Waals surface area contributed by atoms with Crippen LogP contribution in [0, 0.1) is 23.3 Å². The van der Waals surface area contributed by atoms with Crippen molar-refractivity contribution in [3.8, 4) is 22.3 Å². The maximum atomic E-state index is 15.0. The number of aromatic carboxylic acids is 2. The second-order valence-electron chi connectivity index (χ2n) is 12.9. The maximum absolute atomic E-state index is 15.0. The van der Waals surface area contributed by atoms with E-state index in [-0.39, 0.29) is 56.3 Å². The maximum Gasteiger partial charge on any atom is 0.337 e. The van der Waals surface area contributed by atoms with Crippen molar-refractivity contribution in [2.45, 2.75) is 50.7 Å². The summed E-state index contributed by atoms with van der Waals surface area (Å²) in [6.45, 7) is 1.44. The summed E-state index contributed by atoms with van der Waals surface area (Å²) in [5.74, 6) is -5.76. The number of ether oxygens (including phenoxy) is 2. The molecule has 4 heterocycles. The van der Waals surface area contributed by atoms with Gasteiger partial charge < -0.3 is 29.7 Å². The fourth-order valence-corrected chi connectivity index (χ4v) is 7.04. The SMILES string of the molecule is O=C(O)c1c[nH]c2cc(F)c(-c3ccc([C@@H]4CCCCO4)cc3)c(F)c12.O=C(O)c1c[nH]c2cc(F)c(-c3ccc([C@@H]4CCCCO4)cc3)c(F)c12. The molecule has 0 saturated carbocycles. The van der Waals surface area contributed by atoms with Gasteiger partial charge in [0.25, 0.3) is 0 Å². The molecule has 2 saturated heterocycles. The number of H-pyrrole nitrogens is 2. The van der Waals surface area contributed by atoms with E-state index < -0.39 is 35.2 Å². The number of hydrogen-bond acceptors (Lipinski definition) is 4. The van der Waals surface area contributed by atoms with Gasteiger partial charge in [-0.1, -0.05) is 48.5 Å². The Labute approximate surface area is 295 Å². The average molecular weight is 715 g/mol. The molecule has 2 atom stereocenters. The number of halogens is 4. The quantitative estimate of drug-likeness (QED) is 0.127. The Morgan fingerprint density at radius 1 is 0.596 bits per heavy atom. The number of carbonyl (C=O) groups is 2. The minimum atomic E-state index is -1.27. The zero-order chi connectivity index (χ0) is 36.5. The molecule has 0 aliphatic carbocycles. The van der Waals surface area contributed by atoms with E-state index in [0.29, 0.717) is 11.1 Å². The standard InChI is InChI=1S/2C20H17F2NO3/c2*21-14-9-15-18(13(10-23-15)20(24)25)19(22)17(14)12-6-4-11(5-7-12)16-3-1-2-8-26-16/h2*4-7,9-10,16,23H,1-3,8H2,(H,24,25)/t2*16-/m00/s1. The number of hydrogen-bond donors (Lipinski definition) is 4. The van der Waals surface area contributed by atoms with E-state index >= 15 is 0 Å². The smallest absolute Gasteiger partial charge is 0.337 e. The van der Waals surface area contributed by atoms with Crippen LogP contribution in [0.2, 0.25) is 0 Å². The highest BCUT2D eigenvalue weighted by atomic mass is 19.1. The predicted octanol–water partition coefficient (Wildman–Crippen LogP) is 10.1. The van der Waals surface area contributed by atoms with Gasteiger partial charge in [0.1, 0.15) is 23.3 Å². The molecule has 2 aromatic heterocycles. The van der Waals surface area contributed by atoms with Gasteiger partial charge in [-0.25, -0.2) is 27.2 Å². The number of carboxylic acid groups (broad SMARTS) is 2. The molecule has 2 aliphatic rings. The van der Waals surface area contributed by atoms with Gasteiger partial charge in [0.15, 0.2) is 0 Å². The Balaban J connectivity index is 0.000000162. The lowest BCUT2D eigenvalue weighted by molar-refractivity contribution is 0.0149. The normalized spacial score (nSPS) is 17.5. The van der Waals surface area contributed by atoms with E-state index in [4.69, 9.17) is 9.47 Å². The van der Waals surface area contributed by atoms with Crippen molar-refractivity contribution in [2.24, 2.45) is 0 Å². The van der Waals surface area contributed by atoms with Crippen molar-refractivity contribution in [2.75, 3.05) is 13.2 Å². The fraction of sp³-hybridized carbons (Fsp3) is 0.250. The molecule has 268 valence electrons. The highest BCUT2D eigenvalue weighted by molar-refractivity contribution is 6.05. The molecule has 0 bridgehead atoms. The van der Waals surface area contributed by atoms with E-state index in [9.17, 15) is 37.4 Å². The number of nitrogens with one attached hydrogen (secondary N) is 2. The Morgan fingerprint density at radius 3 is 1.31 bits per heavy atom. The molecule has 52 heavy (non-hydrogen) atoms. The third kappa shape index (κ3) is 6.67. The summed E-state index contributed by atoms with van der Waals surface area (Å²) in [6, 6.07) is 16.1. The predicted molar refractivity (Wildman–Crippen MR) is 186 cm³/mol. The van der Waals surface area contributed by atoms with Crippen LogP contribution in [0.15, 0.2) is 73.1 Å². The summed E-state index contributed by atoms with van der Waals surface area (Å²) in [5, 5.41) is 18.2. The van der Waals surface area contributed by atoms with Gasteiger partial charge >= 0.3 is 11.9 Å². The summed E-state index contributed by atoms with van der Waals surface area (Å²) in [4.78, 5) is 27.8. The van der Waals surface area contributed by atoms with E-state index in [1.807, 2.05) is 24.3 Å². The summed E-state index contributed by atoms with van der Waals surface area (Å²) in [5.41, 5.74) is 2.02. The van der Waals surface area contributed by atoms with Gasteiger partial charge in [0, 0.05) is 25.6 Å². The molecule has 0 unspecified atom stereocenters. The summed E-state index contributed by atoms with van der Waals surface area (Å²) in [6.07, 6.45) is 8.51. The van der Waals surface area contributed by atoms with E-state index in [1.54, 1.807) is 24.3 Å². The molecular weight excluding hydrogens is 680 g/mol. The van der Waals surface area contributed by atoms with Crippen LogP contribution in [0.1, 0.15) is 82.6 Å². The second kappa shape index (κ2) is 14.6. The van der Waals surface area contributed by atoms with Crippen LogP contribution in [0.4, 0.5) is 17.6 Å². The molecule has 4 N–H and O–H groups in total. The van der Waals surface area contributed by atoms with E-state index in [1.165, 1.54) is 12.4 Å². The lowest BCUT2D eigenvalue weighted by Gasteiger charge is -2.23. The van der Waals surface area contributed by atoms with Gasteiger partial charge in [-0.15, -0.1) is 0 Å². The lowest BCUT2D eigenvalue weighted by Crippen LogP contribution is -2.11. The van der Waals surface area contributed by atoms with Crippen LogP contribution in [0.5, 0.6) is 0 Å². The van der Waals surface area contributed by atoms with Crippen molar-refractivity contribution in [1.82, 2.24) is 9.97 Å². The highest BCUT2D eigenvalue weighted by Crippen LogP contribution is 2.37. The van der Waals surface area contributed by atoms with Gasteiger partial charge in [-0.2, -0.15) is 0 Å². The molecule has 12 heteroatoms. The number of aromatic nitrogens is 2. The Kier molecular flexibility index (Phi) is 9.85. The van der Waals surface area contributed by atoms with Crippen molar-refractivity contribution in [3.63, 3.8) is 0 Å². The number of aromatic amines is 2. The molecule has 0 radical (unpaired) electrons. The van der Waals surface area contributed by atoms with Crippen LogP contribution >= 0.6 is 0 Å². The van der Waals surface area contributed by atoms with Gasteiger partial charge in [0.2, 0.25) is 0 Å². The summed E-state index contributed by atoms with van der Waals surface area (Å²) >= 11 is 0. The number of benzene rings is 4. The number of fused-ring (bicyclic) bond motifs is 2. The molecule has 8 nitrogen and oxygen atoms in total. The fourth-order valence-electron chi connectivity index (χ4n) is 7.04. The zero-order valence-corrected chi connectivity index (χ0v) is 27.8. The molecule has 0 spiro atoms. The summed E-state index contributed by atoms with van der Waals surface area (Å²) in [7, 11) is 0. The highest BCUT2D eigenvalue weighted by Gasteiger charge is 2.24. The third-order valence-corrected chi connectivity index (χ3v) is 9.68. The van der Waals surface area contributed by atoms with Crippen LogP contribution in [0.3, 0.4) is 0 Å². The van der Waals surface area contributed by atoms with Crippen LogP contribution in [-0.2, 0) is 9.47 Å². The largest absolute Gasteiger partial charge is 0.478 e. The molecule has 2 fully saturated rings. The third-order valence-electron chi connectivity index (χ3n) is 9.68. The molecule has 0 amide bonds. The second-order valence-corrected chi connectivity index (χ2v) is 12.9. The molecule has 2 aliphatic heterocycles. The minimum Gasteiger partial charge on any atom is -0.478 e. The molecule has 8 rings (SSSR count). The Bertz CT molecular complexity index is 2110. The average Bonchev–Trinajstić information content (AvgIpc) is 3.79. The van der Waals surface area contributed by atoms with Crippen molar-refractivity contribution < 1.29 is 46.8 Å². The van der Waals surface area contributed by atoms with Crippen LogP contribution in [0.25, 0.3) is 44.1 Å². The number of carboxylic acids is 2. The van der Waals surface area contributed by atoms with Gasteiger partial charge in [-0.3, -0.25) is 0 Å². The molecular formula is C40H34F4N2O6. The first kappa shape index (κ1) is 35.0. The first-order valence-electron chi connectivity index (χ1n) is 17.0. The van der Waals surface area contributed by atoms with E-state index in [0.717, 1.165) is 75.0 Å². The van der Waals surface area contributed by atoms with Gasteiger partial charge in [0.05, 0.1) is 56.3 Å². The van der Waals surface area contributed by atoms with Crippen molar-refractivity contribution in [3.05, 3.63) is 119 Å². The lowest BCUT2D eigenvalue weighted by atomic mass is 9.96. The first-order valence-corrected chi connectivity index (χ1v) is 17.0. The Hall–Kier alpha value is -5.46. The van der Waals surface area contributed by atoms with Crippen LogP contribution < -0.4 is 0 Å². The van der Waals surface area contributed by atoms with Crippen molar-refractivity contribution in [1.29, 1.82) is 0 Å². The monoisotopic (exact) mass is 714 g/mol. The zero-order valence-electron chi connectivity index (χ0n) is 27.8. The Morgan fingerprint density at radius 2 is 0.981 bits per heavy atom. The molecule has 4 aromatic carbocycles. The topological polar surface area (TPSA) is 125 Å². The molecule has 6 aromatic rings. The van der Waals surface area contributed by atoms with E-state index in [2.05, 4.69) is 9.97 Å². The summed E-state index contributed by atoms with van der Waals surface area (Å²) < 4.78 is 70.4. The number of rotatable bonds is 6. The first-order chi connectivity index (χ1) is 25.1. The van der Waals surface area contributed by atoms with Gasteiger partial charge in [-0.05, 0) is 72.9 Å².